The number of thiol groups is 1. The van der Waals surface area contributed by atoms with Gasteiger partial charge in [0, 0.05) is 44.9 Å². The second kappa shape index (κ2) is 4.81. The third-order valence-corrected chi connectivity index (χ3v) is 2.74. The smallest absolute Gasteiger partial charge is 0.0499 e. The van der Waals surface area contributed by atoms with Crippen molar-refractivity contribution in [2.24, 2.45) is 0 Å². The van der Waals surface area contributed by atoms with E-state index in [1.807, 2.05) is 4.31 Å². The fourth-order valence-electron chi connectivity index (χ4n) is 1.71. The molecule has 0 amide bonds. The minimum Gasteiger partial charge on any atom is -0.318 e. The van der Waals surface area contributed by atoms with E-state index in [0.29, 0.717) is 0 Å². The van der Waals surface area contributed by atoms with Crippen LogP contribution in [0.15, 0.2) is 18.2 Å². The quantitative estimate of drug-likeness (QED) is 0.708. The van der Waals surface area contributed by atoms with Crippen molar-refractivity contribution in [3.63, 3.8) is 0 Å². The number of hydrogen-bond donors (Lipinski definition) is 1. The van der Waals surface area contributed by atoms with Gasteiger partial charge in [-0.25, -0.2) is 0 Å². The minimum atomic E-state index is 0. The fraction of sp³-hybridized carbons (Fsp3) is 0.400. The minimum absolute atomic E-state index is 0. The number of nitrogens with zero attached hydrogens (tertiary/aromatic N) is 1. The van der Waals surface area contributed by atoms with E-state index in [0.717, 1.165) is 6.54 Å². The third-order valence-electron chi connectivity index (χ3n) is 2.33. The number of rotatable bonds is 0. The van der Waals surface area contributed by atoms with Gasteiger partial charge < -0.3 is 4.31 Å². The Balaban J connectivity index is 0.000000845. The van der Waals surface area contributed by atoms with Gasteiger partial charge in [0.15, 0.2) is 0 Å². The van der Waals surface area contributed by atoms with Gasteiger partial charge >= 0.3 is 0 Å². The zero-order chi connectivity index (χ0) is 8.55. The molecule has 0 N–H and O–H groups in total. The van der Waals surface area contributed by atoms with Crippen LogP contribution in [-0.4, -0.2) is 6.54 Å². The van der Waals surface area contributed by atoms with Crippen LogP contribution >= 0.6 is 12.8 Å². The number of fused-ring (bicyclic) bond motifs is 1. The van der Waals surface area contributed by atoms with Crippen molar-refractivity contribution >= 4 is 18.5 Å². The molecule has 3 heteroatoms. The molecule has 1 radical (unpaired) electrons. The normalized spacial score (nSPS) is 14.8. The Labute approximate surface area is 110 Å². The van der Waals surface area contributed by atoms with E-state index in [4.69, 9.17) is 0 Å². The predicted molar refractivity (Wildman–Crippen MR) is 55.8 cm³/mol. The van der Waals surface area contributed by atoms with Gasteiger partial charge in [-0.05, 0) is 31.4 Å². The molecule has 0 aromatic heterocycles. The van der Waals surface area contributed by atoms with E-state index in [9.17, 15) is 0 Å². The first-order valence-electron chi connectivity index (χ1n) is 4.33. The zero-order valence-electron chi connectivity index (χ0n) is 7.83. The SMILES string of the molecule is Cc1ccc2c(c1)CCCN2S.[Y]. The molecule has 1 aliphatic rings. The van der Waals surface area contributed by atoms with Gasteiger partial charge in [0.2, 0.25) is 0 Å². The summed E-state index contributed by atoms with van der Waals surface area (Å²) < 4.78 is 2.04. The molecule has 1 heterocycles. The number of anilines is 1. The fourth-order valence-corrected chi connectivity index (χ4v) is 2.04. The van der Waals surface area contributed by atoms with Gasteiger partial charge in [0.05, 0.1) is 0 Å². The molecule has 0 atom stereocenters. The van der Waals surface area contributed by atoms with E-state index in [2.05, 4.69) is 37.9 Å². The summed E-state index contributed by atoms with van der Waals surface area (Å²) in [4.78, 5) is 0. The summed E-state index contributed by atoms with van der Waals surface area (Å²) in [5.74, 6) is 0. The molecular formula is C10H13NSY. The largest absolute Gasteiger partial charge is 0.318 e. The molecule has 13 heavy (non-hydrogen) atoms. The van der Waals surface area contributed by atoms with Crippen molar-refractivity contribution in [1.82, 2.24) is 0 Å². The van der Waals surface area contributed by atoms with Crippen molar-refractivity contribution in [2.75, 3.05) is 10.8 Å². The van der Waals surface area contributed by atoms with Crippen LogP contribution in [0, 0.1) is 6.92 Å². The first-order chi connectivity index (χ1) is 5.77. The van der Waals surface area contributed by atoms with Gasteiger partial charge in [-0.15, -0.1) is 0 Å². The van der Waals surface area contributed by atoms with Crippen LogP contribution in [0.1, 0.15) is 17.5 Å². The Bertz CT molecular complexity index is 301. The first-order valence-corrected chi connectivity index (χ1v) is 4.73. The van der Waals surface area contributed by atoms with Crippen LogP contribution in [0.2, 0.25) is 0 Å². The van der Waals surface area contributed by atoms with Crippen molar-refractivity contribution in [2.45, 2.75) is 19.8 Å². The Morgan fingerprint density at radius 2 is 2.15 bits per heavy atom. The van der Waals surface area contributed by atoms with Crippen molar-refractivity contribution in [1.29, 1.82) is 0 Å². The van der Waals surface area contributed by atoms with Gasteiger partial charge in [0.25, 0.3) is 0 Å². The van der Waals surface area contributed by atoms with Gasteiger partial charge in [-0.1, -0.05) is 30.5 Å². The maximum absolute atomic E-state index is 4.41. The van der Waals surface area contributed by atoms with E-state index >= 15 is 0 Å². The van der Waals surface area contributed by atoms with E-state index in [1.165, 1.54) is 29.7 Å². The molecule has 0 fully saturated rings. The molecule has 0 aliphatic carbocycles. The zero-order valence-corrected chi connectivity index (χ0v) is 11.6. The molecule has 1 aromatic rings. The molecule has 0 bridgehead atoms. The maximum atomic E-state index is 4.41. The predicted octanol–water partition coefficient (Wildman–Crippen LogP) is 2.59. The Morgan fingerprint density at radius 3 is 2.92 bits per heavy atom. The Morgan fingerprint density at radius 1 is 1.38 bits per heavy atom. The summed E-state index contributed by atoms with van der Waals surface area (Å²) in [5, 5.41) is 0. The third kappa shape index (κ3) is 2.48. The average Bonchev–Trinajstić information content (AvgIpc) is 2.04. The van der Waals surface area contributed by atoms with Crippen LogP contribution in [0.3, 0.4) is 0 Å². The van der Waals surface area contributed by atoms with E-state index in [1.54, 1.807) is 0 Å². The maximum Gasteiger partial charge on any atom is 0.0499 e. The molecule has 0 spiro atoms. The molecule has 0 unspecified atom stereocenters. The van der Waals surface area contributed by atoms with Crippen LogP contribution in [0.5, 0.6) is 0 Å². The number of hydrogen-bond acceptors (Lipinski definition) is 2. The topological polar surface area (TPSA) is 3.24 Å². The molecule has 1 aliphatic heterocycles. The average molecular weight is 268 g/mol. The number of benzene rings is 1. The molecule has 0 saturated heterocycles. The second-order valence-electron chi connectivity index (χ2n) is 3.36. The Kier molecular flexibility index (Phi) is 4.27. The van der Waals surface area contributed by atoms with Crippen LogP contribution in [0.4, 0.5) is 5.69 Å². The standard InChI is InChI=1S/C10H13NS.Y/c1-8-4-5-10-9(7-8)3-2-6-11(10)12;/h4-5,7,12H,2-3,6H2,1H3;. The molecule has 0 saturated carbocycles. The van der Waals surface area contributed by atoms with E-state index in [-0.39, 0.29) is 32.7 Å². The van der Waals surface area contributed by atoms with Gasteiger partial charge in [-0.3, -0.25) is 0 Å². The molecule has 2 rings (SSSR count). The summed E-state index contributed by atoms with van der Waals surface area (Å²) in [6.07, 6.45) is 2.42. The second-order valence-corrected chi connectivity index (χ2v) is 3.84. The molecule has 67 valence electrons. The van der Waals surface area contributed by atoms with Crippen molar-refractivity contribution in [3.8, 4) is 0 Å². The summed E-state index contributed by atoms with van der Waals surface area (Å²) >= 11 is 4.41. The van der Waals surface area contributed by atoms with E-state index < -0.39 is 0 Å². The summed E-state index contributed by atoms with van der Waals surface area (Å²) in [6.45, 7) is 3.21. The van der Waals surface area contributed by atoms with Gasteiger partial charge in [0.1, 0.15) is 0 Å². The summed E-state index contributed by atoms with van der Waals surface area (Å²) in [6, 6.07) is 6.57. The Hall–Kier alpha value is 0.474. The van der Waals surface area contributed by atoms with Gasteiger partial charge in [-0.2, -0.15) is 0 Å². The van der Waals surface area contributed by atoms with Crippen molar-refractivity contribution in [3.05, 3.63) is 29.3 Å². The molecule has 1 aromatic carbocycles. The molecule has 1 nitrogen and oxygen atoms in total. The number of aryl methyl sites for hydroxylation is 2. The van der Waals surface area contributed by atoms with Crippen LogP contribution in [-0.2, 0) is 39.1 Å². The summed E-state index contributed by atoms with van der Waals surface area (Å²) in [7, 11) is 0. The summed E-state index contributed by atoms with van der Waals surface area (Å²) in [5.41, 5.74) is 4.07. The monoisotopic (exact) mass is 268 g/mol. The first kappa shape index (κ1) is 11.5. The van der Waals surface area contributed by atoms with Crippen molar-refractivity contribution < 1.29 is 32.7 Å². The van der Waals surface area contributed by atoms with Crippen LogP contribution in [0.25, 0.3) is 0 Å². The molecular weight excluding hydrogens is 255 g/mol. The van der Waals surface area contributed by atoms with Crippen LogP contribution < -0.4 is 4.31 Å².